The molecule has 1 aromatic rings. The maximum absolute atomic E-state index is 5.63. The molecule has 96 valence electrons. The van der Waals surface area contributed by atoms with Gasteiger partial charge < -0.3 is 9.47 Å². The van der Waals surface area contributed by atoms with Crippen LogP contribution in [0.4, 0.5) is 0 Å². The second-order valence-electron chi connectivity index (χ2n) is 4.28. The zero-order valence-electron chi connectivity index (χ0n) is 11.2. The van der Waals surface area contributed by atoms with E-state index in [1.807, 2.05) is 19.9 Å². The SMILES string of the molecule is COc1cc(C)cc(C)c1C(NN)C(C)OC. The van der Waals surface area contributed by atoms with Crippen molar-refractivity contribution in [2.75, 3.05) is 14.2 Å². The highest BCUT2D eigenvalue weighted by Crippen LogP contribution is 2.32. The number of hydrogen-bond donors (Lipinski definition) is 2. The highest BCUT2D eigenvalue weighted by molar-refractivity contribution is 5.45. The normalized spacial score (nSPS) is 14.5. The van der Waals surface area contributed by atoms with Crippen molar-refractivity contribution >= 4 is 0 Å². The van der Waals surface area contributed by atoms with Crippen LogP contribution >= 0.6 is 0 Å². The van der Waals surface area contributed by atoms with Crippen molar-refractivity contribution in [2.24, 2.45) is 5.84 Å². The van der Waals surface area contributed by atoms with Gasteiger partial charge in [0.25, 0.3) is 0 Å². The second-order valence-corrected chi connectivity index (χ2v) is 4.28. The molecule has 0 saturated heterocycles. The number of hydrazine groups is 1. The highest BCUT2D eigenvalue weighted by atomic mass is 16.5. The largest absolute Gasteiger partial charge is 0.496 e. The molecule has 2 atom stereocenters. The van der Waals surface area contributed by atoms with Gasteiger partial charge in [0.15, 0.2) is 0 Å². The van der Waals surface area contributed by atoms with Crippen molar-refractivity contribution in [1.29, 1.82) is 0 Å². The molecule has 17 heavy (non-hydrogen) atoms. The van der Waals surface area contributed by atoms with E-state index in [2.05, 4.69) is 18.4 Å². The van der Waals surface area contributed by atoms with Crippen LogP contribution in [0, 0.1) is 13.8 Å². The Hall–Kier alpha value is -1.10. The summed E-state index contributed by atoms with van der Waals surface area (Å²) in [6.45, 7) is 6.07. The van der Waals surface area contributed by atoms with Gasteiger partial charge >= 0.3 is 0 Å². The molecule has 0 bridgehead atoms. The zero-order chi connectivity index (χ0) is 13.0. The fourth-order valence-corrected chi connectivity index (χ4v) is 2.10. The summed E-state index contributed by atoms with van der Waals surface area (Å²) in [6, 6.07) is 4.04. The van der Waals surface area contributed by atoms with Gasteiger partial charge in [-0.25, -0.2) is 0 Å². The molecule has 0 aliphatic heterocycles. The zero-order valence-corrected chi connectivity index (χ0v) is 11.2. The van der Waals surface area contributed by atoms with E-state index in [0.29, 0.717) is 0 Å². The number of aryl methyl sites for hydroxylation is 2. The lowest BCUT2D eigenvalue weighted by atomic mass is 9.95. The molecule has 1 rings (SSSR count). The number of benzene rings is 1. The van der Waals surface area contributed by atoms with E-state index in [9.17, 15) is 0 Å². The molecule has 0 spiro atoms. The summed E-state index contributed by atoms with van der Waals surface area (Å²) in [6.07, 6.45) is -0.0321. The minimum Gasteiger partial charge on any atom is -0.496 e. The van der Waals surface area contributed by atoms with Crippen LogP contribution in [0.1, 0.15) is 29.7 Å². The van der Waals surface area contributed by atoms with E-state index in [4.69, 9.17) is 15.3 Å². The Balaban J connectivity index is 3.26. The number of hydrogen-bond acceptors (Lipinski definition) is 4. The van der Waals surface area contributed by atoms with E-state index in [1.165, 1.54) is 5.56 Å². The number of nitrogens with two attached hydrogens (primary N) is 1. The van der Waals surface area contributed by atoms with Gasteiger partial charge in [-0.15, -0.1) is 0 Å². The molecule has 4 heteroatoms. The molecule has 0 amide bonds. The number of ether oxygens (including phenoxy) is 2. The third kappa shape index (κ3) is 2.97. The summed E-state index contributed by atoms with van der Waals surface area (Å²) in [5.41, 5.74) is 6.17. The van der Waals surface area contributed by atoms with Crippen LogP contribution in [0.3, 0.4) is 0 Å². The molecule has 0 fully saturated rings. The summed E-state index contributed by atoms with van der Waals surface area (Å²) in [4.78, 5) is 0. The minimum atomic E-state index is -0.0875. The maximum atomic E-state index is 5.63. The molecular weight excluding hydrogens is 216 g/mol. The lowest BCUT2D eigenvalue weighted by Gasteiger charge is -2.26. The Morgan fingerprint density at radius 3 is 2.35 bits per heavy atom. The average molecular weight is 238 g/mol. The van der Waals surface area contributed by atoms with Gasteiger partial charge in [0.2, 0.25) is 0 Å². The van der Waals surface area contributed by atoms with E-state index in [1.54, 1.807) is 14.2 Å². The Morgan fingerprint density at radius 1 is 1.24 bits per heavy atom. The highest BCUT2D eigenvalue weighted by Gasteiger charge is 2.23. The molecule has 0 heterocycles. The van der Waals surface area contributed by atoms with Crippen LogP contribution in [0.15, 0.2) is 12.1 Å². The third-order valence-corrected chi connectivity index (χ3v) is 3.04. The summed E-state index contributed by atoms with van der Waals surface area (Å²) in [7, 11) is 3.34. The first-order chi connectivity index (χ1) is 8.04. The lowest BCUT2D eigenvalue weighted by Crippen LogP contribution is -2.36. The van der Waals surface area contributed by atoms with E-state index in [-0.39, 0.29) is 12.1 Å². The Morgan fingerprint density at radius 2 is 1.88 bits per heavy atom. The molecule has 0 aliphatic rings. The van der Waals surface area contributed by atoms with Crippen LogP contribution in [-0.4, -0.2) is 20.3 Å². The van der Waals surface area contributed by atoms with Gasteiger partial charge in [0.1, 0.15) is 5.75 Å². The first kappa shape index (κ1) is 14.0. The van der Waals surface area contributed by atoms with Crippen molar-refractivity contribution < 1.29 is 9.47 Å². The average Bonchev–Trinajstić information content (AvgIpc) is 2.31. The van der Waals surface area contributed by atoms with Gasteiger partial charge in [-0.2, -0.15) is 0 Å². The number of rotatable bonds is 5. The summed E-state index contributed by atoms with van der Waals surface area (Å²) in [5.74, 6) is 6.47. The van der Waals surface area contributed by atoms with Gasteiger partial charge in [-0.3, -0.25) is 11.3 Å². The first-order valence-corrected chi connectivity index (χ1v) is 5.69. The van der Waals surface area contributed by atoms with E-state index >= 15 is 0 Å². The summed E-state index contributed by atoms with van der Waals surface area (Å²) < 4.78 is 10.8. The Bertz CT molecular complexity index is 380. The van der Waals surface area contributed by atoms with E-state index in [0.717, 1.165) is 16.9 Å². The topological polar surface area (TPSA) is 56.5 Å². The predicted molar refractivity (Wildman–Crippen MR) is 69.0 cm³/mol. The fraction of sp³-hybridized carbons (Fsp3) is 0.538. The van der Waals surface area contributed by atoms with Gasteiger partial charge in [-0.1, -0.05) is 6.07 Å². The smallest absolute Gasteiger partial charge is 0.124 e. The molecule has 2 unspecified atom stereocenters. The van der Waals surface area contributed by atoms with Crippen LogP contribution in [0.2, 0.25) is 0 Å². The van der Waals surface area contributed by atoms with Crippen LogP contribution < -0.4 is 16.0 Å². The van der Waals surface area contributed by atoms with Crippen molar-refractivity contribution in [1.82, 2.24) is 5.43 Å². The number of methoxy groups -OCH3 is 2. The molecule has 0 aromatic heterocycles. The van der Waals surface area contributed by atoms with Crippen LogP contribution in [0.5, 0.6) is 5.75 Å². The standard InChI is InChI=1S/C13H22N2O2/c1-8-6-9(2)12(11(7-8)17-5)13(15-14)10(3)16-4/h6-7,10,13,15H,14H2,1-5H3. The van der Waals surface area contributed by atoms with Gasteiger partial charge in [0, 0.05) is 12.7 Å². The first-order valence-electron chi connectivity index (χ1n) is 5.69. The molecule has 3 N–H and O–H groups in total. The summed E-state index contributed by atoms with van der Waals surface area (Å²) >= 11 is 0. The van der Waals surface area contributed by atoms with Crippen LogP contribution in [0.25, 0.3) is 0 Å². The monoisotopic (exact) mass is 238 g/mol. The molecule has 0 saturated carbocycles. The van der Waals surface area contributed by atoms with E-state index < -0.39 is 0 Å². The lowest BCUT2D eigenvalue weighted by molar-refractivity contribution is 0.0819. The molecular formula is C13H22N2O2. The molecule has 1 aromatic carbocycles. The maximum Gasteiger partial charge on any atom is 0.124 e. The Kier molecular flexibility index (Phi) is 4.93. The third-order valence-electron chi connectivity index (χ3n) is 3.04. The summed E-state index contributed by atoms with van der Waals surface area (Å²) in [5, 5.41) is 0. The van der Waals surface area contributed by atoms with Crippen molar-refractivity contribution in [3.8, 4) is 5.75 Å². The van der Waals surface area contributed by atoms with Gasteiger partial charge in [-0.05, 0) is 38.0 Å². The number of nitrogens with one attached hydrogen (secondary N) is 1. The predicted octanol–water partition coefficient (Wildman–Crippen LogP) is 1.85. The Labute approximate surface area is 103 Å². The molecule has 4 nitrogen and oxygen atoms in total. The quantitative estimate of drug-likeness (QED) is 0.607. The van der Waals surface area contributed by atoms with Crippen LogP contribution in [-0.2, 0) is 4.74 Å². The minimum absolute atomic E-state index is 0.0321. The van der Waals surface area contributed by atoms with Crippen molar-refractivity contribution in [3.63, 3.8) is 0 Å². The fourth-order valence-electron chi connectivity index (χ4n) is 2.10. The second kappa shape index (κ2) is 6.00. The van der Waals surface area contributed by atoms with Crippen molar-refractivity contribution in [2.45, 2.75) is 32.9 Å². The molecule has 0 aliphatic carbocycles. The molecule has 0 radical (unpaired) electrons. The van der Waals surface area contributed by atoms with Gasteiger partial charge in [0.05, 0.1) is 19.3 Å². The van der Waals surface area contributed by atoms with Crippen molar-refractivity contribution in [3.05, 3.63) is 28.8 Å².